The number of fused-ring (bicyclic) bond motifs is 5. The predicted octanol–water partition coefficient (Wildman–Crippen LogP) is 4.32. The summed E-state index contributed by atoms with van der Waals surface area (Å²) in [5.74, 6) is 0.848. The molecular formula is C22H23N5OS2. The molecule has 4 aromatic rings. The van der Waals surface area contributed by atoms with Crippen LogP contribution in [0.15, 0.2) is 35.5 Å². The third-order valence-corrected chi connectivity index (χ3v) is 7.79. The number of aromatic nitrogens is 4. The van der Waals surface area contributed by atoms with Crippen molar-refractivity contribution in [2.24, 2.45) is 0 Å². The van der Waals surface area contributed by atoms with E-state index in [0.29, 0.717) is 6.54 Å². The van der Waals surface area contributed by atoms with Crippen molar-refractivity contribution in [1.29, 1.82) is 0 Å². The second kappa shape index (κ2) is 8.00. The first-order chi connectivity index (χ1) is 14.6. The van der Waals surface area contributed by atoms with Crippen LogP contribution >= 0.6 is 23.1 Å². The zero-order chi connectivity index (χ0) is 20.7. The summed E-state index contributed by atoms with van der Waals surface area (Å²) in [5.41, 5.74) is 3.35. The predicted molar refractivity (Wildman–Crippen MR) is 121 cm³/mol. The largest absolute Gasteiger partial charge is 0.351 e. The molecule has 0 fully saturated rings. The van der Waals surface area contributed by atoms with E-state index in [-0.39, 0.29) is 11.2 Å². The van der Waals surface area contributed by atoms with Crippen LogP contribution in [0.2, 0.25) is 0 Å². The Labute approximate surface area is 183 Å². The van der Waals surface area contributed by atoms with Gasteiger partial charge in [0, 0.05) is 11.4 Å². The fourth-order valence-electron chi connectivity index (χ4n) is 4.00. The Balaban J connectivity index is 1.41. The Morgan fingerprint density at radius 1 is 1.23 bits per heavy atom. The zero-order valence-corrected chi connectivity index (χ0v) is 18.6. The second-order valence-electron chi connectivity index (χ2n) is 7.66. The summed E-state index contributed by atoms with van der Waals surface area (Å²) in [6.07, 6.45) is 4.69. The van der Waals surface area contributed by atoms with E-state index in [4.69, 9.17) is 4.98 Å². The lowest BCUT2D eigenvalue weighted by Crippen LogP contribution is -2.30. The molecule has 1 N–H and O–H groups in total. The molecule has 3 heterocycles. The quantitative estimate of drug-likeness (QED) is 0.471. The number of aryl methyl sites for hydroxylation is 3. The van der Waals surface area contributed by atoms with E-state index in [2.05, 4.69) is 15.5 Å². The Morgan fingerprint density at radius 3 is 2.87 bits per heavy atom. The van der Waals surface area contributed by atoms with Gasteiger partial charge in [-0.2, -0.15) is 0 Å². The van der Waals surface area contributed by atoms with Crippen LogP contribution in [0, 0.1) is 6.92 Å². The Bertz CT molecular complexity index is 1230. The van der Waals surface area contributed by atoms with Crippen LogP contribution in [0.25, 0.3) is 15.9 Å². The van der Waals surface area contributed by atoms with Crippen molar-refractivity contribution in [3.63, 3.8) is 0 Å². The smallest absolute Gasteiger partial charge is 0.233 e. The van der Waals surface area contributed by atoms with Crippen LogP contribution < -0.4 is 5.32 Å². The van der Waals surface area contributed by atoms with Gasteiger partial charge in [-0.3, -0.25) is 9.20 Å². The first-order valence-corrected chi connectivity index (χ1v) is 12.0. The maximum atomic E-state index is 12.6. The number of thioether (sulfide) groups is 1. The molecule has 1 amide bonds. The number of carbonyl (C=O) groups is 1. The van der Waals surface area contributed by atoms with Crippen molar-refractivity contribution in [3.8, 4) is 0 Å². The highest BCUT2D eigenvalue weighted by atomic mass is 32.2. The molecule has 0 saturated heterocycles. The summed E-state index contributed by atoms with van der Waals surface area (Å²) in [5, 5.41) is 13.6. The van der Waals surface area contributed by atoms with Gasteiger partial charge in [0.05, 0.1) is 10.6 Å². The summed E-state index contributed by atoms with van der Waals surface area (Å²) in [4.78, 5) is 20.0. The SMILES string of the molecule is Cc1nc2sc3c(c2c2nnc(SC(C)C(=O)NCc4ccccc4)n12)CCCC3. The molecule has 0 aliphatic heterocycles. The standard InChI is InChI=1S/C22H23N5OS2/c1-13(20(28)23-12-15-8-4-3-5-9-15)29-22-26-25-19-18-16-10-6-7-11-17(16)30-21(18)24-14(2)27(19)22/h3-5,8-9,13H,6-7,10-12H2,1-2H3,(H,23,28). The maximum Gasteiger partial charge on any atom is 0.233 e. The molecule has 0 saturated carbocycles. The van der Waals surface area contributed by atoms with Gasteiger partial charge in [0.25, 0.3) is 0 Å². The van der Waals surface area contributed by atoms with E-state index >= 15 is 0 Å². The highest BCUT2D eigenvalue weighted by molar-refractivity contribution is 8.00. The van der Waals surface area contributed by atoms with E-state index in [1.54, 1.807) is 11.3 Å². The van der Waals surface area contributed by atoms with E-state index in [0.717, 1.165) is 45.2 Å². The Kier molecular flexibility index (Phi) is 5.20. The summed E-state index contributed by atoms with van der Waals surface area (Å²) < 4.78 is 2.01. The van der Waals surface area contributed by atoms with E-state index < -0.39 is 0 Å². The van der Waals surface area contributed by atoms with Crippen molar-refractivity contribution in [3.05, 3.63) is 52.2 Å². The fraction of sp³-hybridized carbons (Fsp3) is 0.364. The second-order valence-corrected chi connectivity index (χ2v) is 10.0. The molecule has 1 atom stereocenters. The third-order valence-electron chi connectivity index (χ3n) is 5.56. The van der Waals surface area contributed by atoms with Crippen LogP contribution in [-0.4, -0.2) is 30.7 Å². The monoisotopic (exact) mass is 437 g/mol. The number of hydrogen-bond acceptors (Lipinski definition) is 6. The van der Waals surface area contributed by atoms with Crippen LogP contribution in [0.5, 0.6) is 0 Å². The number of thiophene rings is 1. The van der Waals surface area contributed by atoms with Gasteiger partial charge in [-0.1, -0.05) is 42.1 Å². The molecule has 30 heavy (non-hydrogen) atoms. The minimum absolute atomic E-state index is 0.0137. The summed E-state index contributed by atoms with van der Waals surface area (Å²) in [7, 11) is 0. The van der Waals surface area contributed by atoms with Crippen LogP contribution in [0.1, 0.15) is 41.6 Å². The topological polar surface area (TPSA) is 72.2 Å². The molecule has 6 nitrogen and oxygen atoms in total. The van der Waals surface area contributed by atoms with E-state index in [1.807, 2.05) is 48.6 Å². The average Bonchev–Trinajstić information content (AvgIpc) is 3.34. The van der Waals surface area contributed by atoms with Crippen molar-refractivity contribution in [2.75, 3.05) is 0 Å². The lowest BCUT2D eigenvalue weighted by Gasteiger charge is -2.12. The molecule has 154 valence electrons. The minimum Gasteiger partial charge on any atom is -0.351 e. The minimum atomic E-state index is -0.285. The molecule has 0 bridgehead atoms. The lowest BCUT2D eigenvalue weighted by atomic mass is 9.97. The average molecular weight is 438 g/mol. The van der Waals surface area contributed by atoms with Gasteiger partial charge in [-0.05, 0) is 50.7 Å². The molecule has 1 aromatic carbocycles. The normalized spacial score (nSPS) is 14.7. The molecule has 1 aliphatic rings. The Morgan fingerprint density at radius 2 is 2.03 bits per heavy atom. The molecule has 8 heteroatoms. The summed E-state index contributed by atoms with van der Waals surface area (Å²) in [6, 6.07) is 9.93. The van der Waals surface area contributed by atoms with Gasteiger partial charge in [0.15, 0.2) is 10.8 Å². The first kappa shape index (κ1) is 19.5. The van der Waals surface area contributed by atoms with Crippen molar-refractivity contribution in [1.82, 2.24) is 24.9 Å². The van der Waals surface area contributed by atoms with Gasteiger partial charge < -0.3 is 5.32 Å². The van der Waals surface area contributed by atoms with Crippen molar-refractivity contribution in [2.45, 2.75) is 56.5 Å². The highest BCUT2D eigenvalue weighted by Gasteiger charge is 2.24. The first-order valence-electron chi connectivity index (χ1n) is 10.3. The molecule has 1 aliphatic carbocycles. The van der Waals surface area contributed by atoms with Crippen molar-refractivity contribution >= 4 is 44.9 Å². The van der Waals surface area contributed by atoms with Crippen LogP contribution in [-0.2, 0) is 24.2 Å². The van der Waals surface area contributed by atoms with Gasteiger partial charge in [-0.25, -0.2) is 4.98 Å². The number of rotatable bonds is 5. The number of nitrogens with one attached hydrogen (secondary N) is 1. The van der Waals surface area contributed by atoms with Crippen LogP contribution in [0.4, 0.5) is 0 Å². The molecule has 0 radical (unpaired) electrons. The molecular weight excluding hydrogens is 414 g/mol. The fourth-order valence-corrected chi connectivity index (χ4v) is 6.22. The van der Waals surface area contributed by atoms with E-state index in [9.17, 15) is 4.79 Å². The summed E-state index contributed by atoms with van der Waals surface area (Å²) >= 11 is 3.22. The number of benzene rings is 1. The van der Waals surface area contributed by atoms with Gasteiger partial charge in [-0.15, -0.1) is 21.5 Å². The number of carbonyl (C=O) groups excluding carboxylic acids is 1. The van der Waals surface area contributed by atoms with Gasteiger partial charge in [0.1, 0.15) is 10.7 Å². The molecule has 0 spiro atoms. The van der Waals surface area contributed by atoms with Gasteiger partial charge in [0.2, 0.25) is 5.91 Å². The van der Waals surface area contributed by atoms with Crippen molar-refractivity contribution < 1.29 is 4.79 Å². The number of amides is 1. The number of nitrogens with zero attached hydrogens (tertiary/aromatic N) is 4. The lowest BCUT2D eigenvalue weighted by molar-refractivity contribution is -0.120. The third kappa shape index (κ3) is 3.48. The summed E-state index contributed by atoms with van der Waals surface area (Å²) in [6.45, 7) is 4.41. The zero-order valence-electron chi connectivity index (χ0n) is 17.0. The maximum absolute atomic E-state index is 12.6. The molecule has 1 unspecified atom stereocenters. The molecule has 3 aromatic heterocycles. The molecule has 5 rings (SSSR count). The van der Waals surface area contributed by atoms with Gasteiger partial charge >= 0.3 is 0 Å². The highest BCUT2D eigenvalue weighted by Crippen LogP contribution is 2.38. The van der Waals surface area contributed by atoms with Crippen LogP contribution in [0.3, 0.4) is 0 Å². The van der Waals surface area contributed by atoms with E-state index in [1.165, 1.54) is 35.0 Å². The number of hydrogen-bond donors (Lipinski definition) is 1. The Hall–Kier alpha value is -2.45.